The van der Waals surface area contributed by atoms with Crippen molar-refractivity contribution in [3.05, 3.63) is 0 Å². The van der Waals surface area contributed by atoms with Crippen LogP contribution in [0.3, 0.4) is 0 Å². The lowest BCUT2D eigenvalue weighted by Gasteiger charge is -2.06. The van der Waals surface area contributed by atoms with E-state index in [0.717, 1.165) is 13.0 Å². The quantitative estimate of drug-likeness (QED) is 0.333. The molecule has 0 atom stereocenters. The van der Waals surface area contributed by atoms with Gasteiger partial charge in [0.05, 0.1) is 0 Å². The summed E-state index contributed by atoms with van der Waals surface area (Å²) in [6.07, 6.45) is 13.6. The molecule has 118 valence electrons. The minimum absolute atomic E-state index is 0. The van der Waals surface area contributed by atoms with Crippen molar-refractivity contribution in [2.24, 2.45) is 0 Å². The highest BCUT2D eigenvalue weighted by molar-refractivity contribution is 8.93. The van der Waals surface area contributed by atoms with Crippen LogP contribution in [0.2, 0.25) is 0 Å². The van der Waals surface area contributed by atoms with Crippen LogP contribution in [0.15, 0.2) is 0 Å². The molecule has 0 rings (SSSR count). The molecule has 0 aliphatic carbocycles. The third-order valence-corrected chi connectivity index (χ3v) is 3.28. The van der Waals surface area contributed by atoms with Gasteiger partial charge in [-0.2, -0.15) is 0 Å². The molecule has 0 aliphatic heterocycles. The Morgan fingerprint density at radius 3 is 1.58 bits per heavy atom. The van der Waals surface area contributed by atoms with Crippen LogP contribution >= 0.6 is 17.0 Å². The molecule has 19 heavy (non-hydrogen) atoms. The molecule has 3 nitrogen and oxygen atoms in total. The maximum absolute atomic E-state index is 8.62. The number of rotatable bonds is 14. The topological polar surface area (TPSA) is 52.5 Å². The number of aliphatic hydroxyl groups is 2. The predicted molar refractivity (Wildman–Crippen MR) is 87.9 cm³/mol. The van der Waals surface area contributed by atoms with Crippen LogP contribution in [0.1, 0.15) is 77.6 Å². The highest BCUT2D eigenvalue weighted by Gasteiger charge is 1.95. The van der Waals surface area contributed by atoms with Crippen molar-refractivity contribution in [1.29, 1.82) is 0 Å². The molecule has 0 saturated carbocycles. The second-order valence-electron chi connectivity index (χ2n) is 5.22. The molecule has 0 amide bonds. The molecule has 0 aromatic rings. The summed E-state index contributed by atoms with van der Waals surface area (Å²) in [4.78, 5) is 0. The maximum Gasteiger partial charge on any atom is 0.164 e. The zero-order valence-electron chi connectivity index (χ0n) is 12.6. The zero-order valence-corrected chi connectivity index (χ0v) is 14.3. The summed E-state index contributed by atoms with van der Waals surface area (Å²) in [5.41, 5.74) is 0. The van der Waals surface area contributed by atoms with Crippen molar-refractivity contribution in [2.45, 2.75) is 83.8 Å². The van der Waals surface area contributed by atoms with Crippen molar-refractivity contribution in [3.63, 3.8) is 0 Å². The van der Waals surface area contributed by atoms with Crippen molar-refractivity contribution < 1.29 is 10.2 Å². The predicted octanol–water partition coefficient (Wildman–Crippen LogP) is 3.78. The molecule has 0 aromatic heterocycles. The van der Waals surface area contributed by atoms with Gasteiger partial charge in [-0.25, -0.2) is 0 Å². The number of nitrogens with one attached hydrogen (secondary N) is 1. The van der Waals surface area contributed by atoms with E-state index in [1.165, 1.54) is 64.2 Å². The van der Waals surface area contributed by atoms with Crippen LogP contribution in [-0.4, -0.2) is 29.6 Å². The van der Waals surface area contributed by atoms with E-state index >= 15 is 0 Å². The fourth-order valence-corrected chi connectivity index (χ4v) is 2.15. The fourth-order valence-electron chi connectivity index (χ4n) is 2.15. The average Bonchev–Trinajstić information content (AvgIpc) is 2.34. The van der Waals surface area contributed by atoms with E-state index in [9.17, 15) is 0 Å². The van der Waals surface area contributed by atoms with Gasteiger partial charge in [-0.1, -0.05) is 71.1 Å². The Morgan fingerprint density at radius 2 is 1.16 bits per heavy atom. The Labute approximate surface area is 129 Å². The van der Waals surface area contributed by atoms with Gasteiger partial charge in [-0.15, -0.1) is 17.0 Å². The first-order valence-corrected chi connectivity index (χ1v) is 7.84. The van der Waals surface area contributed by atoms with Crippen molar-refractivity contribution >= 4 is 17.0 Å². The Morgan fingerprint density at radius 1 is 0.737 bits per heavy atom. The van der Waals surface area contributed by atoms with Gasteiger partial charge >= 0.3 is 0 Å². The summed E-state index contributed by atoms with van der Waals surface area (Å²) >= 11 is 0. The first kappa shape index (κ1) is 21.7. The van der Waals surface area contributed by atoms with E-state index in [-0.39, 0.29) is 23.5 Å². The third-order valence-electron chi connectivity index (χ3n) is 3.28. The van der Waals surface area contributed by atoms with Crippen molar-refractivity contribution in [1.82, 2.24) is 5.32 Å². The number of halogens is 1. The summed E-state index contributed by atoms with van der Waals surface area (Å²) in [7, 11) is 0. The van der Waals surface area contributed by atoms with Crippen LogP contribution in [0, 0.1) is 0 Å². The van der Waals surface area contributed by atoms with Gasteiger partial charge in [-0.3, -0.25) is 0 Å². The molecule has 0 spiro atoms. The van der Waals surface area contributed by atoms with E-state index in [2.05, 4.69) is 12.2 Å². The Kier molecular flexibility index (Phi) is 20.9. The Balaban J connectivity index is 0. The molecule has 0 aliphatic rings. The molecule has 0 radical (unpaired) electrons. The summed E-state index contributed by atoms with van der Waals surface area (Å²) in [6.45, 7) is 3.45. The largest absolute Gasteiger partial charge is 0.367 e. The Hall–Kier alpha value is 0.360. The van der Waals surface area contributed by atoms with Crippen molar-refractivity contribution in [2.75, 3.05) is 13.1 Å². The zero-order chi connectivity index (χ0) is 13.5. The van der Waals surface area contributed by atoms with Gasteiger partial charge in [0.15, 0.2) is 6.29 Å². The van der Waals surface area contributed by atoms with Gasteiger partial charge in [0.2, 0.25) is 0 Å². The minimum Gasteiger partial charge on any atom is -0.367 e. The smallest absolute Gasteiger partial charge is 0.164 e. The molecular weight excluding hydrogens is 306 g/mol. The van der Waals surface area contributed by atoms with Crippen LogP contribution in [0.5, 0.6) is 0 Å². The van der Waals surface area contributed by atoms with Crippen LogP contribution < -0.4 is 5.32 Å². The Bertz CT molecular complexity index is 157. The molecular formula is C15H34BrNO2. The standard InChI is InChI=1S/C15H33NO2.BrH/c1-2-3-4-5-6-7-8-9-10-11-12-13-16-14-15(17)18;/h15-18H,2-14H2,1H3;1H. The van der Waals surface area contributed by atoms with Crippen molar-refractivity contribution in [3.8, 4) is 0 Å². The van der Waals surface area contributed by atoms with E-state index in [4.69, 9.17) is 10.2 Å². The second-order valence-corrected chi connectivity index (χ2v) is 5.22. The molecule has 4 heteroatoms. The number of unbranched alkanes of at least 4 members (excludes halogenated alkanes) is 10. The molecule has 0 aromatic carbocycles. The van der Waals surface area contributed by atoms with Gasteiger partial charge in [-0.05, 0) is 13.0 Å². The van der Waals surface area contributed by atoms with Gasteiger partial charge < -0.3 is 15.5 Å². The fraction of sp³-hybridized carbons (Fsp3) is 1.00. The maximum atomic E-state index is 8.62. The SMILES string of the molecule is Br.CCCCCCCCCCCCCNCC(O)O. The lowest BCUT2D eigenvalue weighted by molar-refractivity contribution is -0.0370. The van der Waals surface area contributed by atoms with Crippen LogP contribution in [-0.2, 0) is 0 Å². The minimum atomic E-state index is -1.21. The van der Waals surface area contributed by atoms with E-state index < -0.39 is 6.29 Å². The van der Waals surface area contributed by atoms with Gasteiger partial charge in [0.1, 0.15) is 0 Å². The molecule has 0 unspecified atom stereocenters. The first-order valence-electron chi connectivity index (χ1n) is 7.84. The lowest BCUT2D eigenvalue weighted by Crippen LogP contribution is -2.26. The summed E-state index contributed by atoms with van der Waals surface area (Å²) in [5, 5.41) is 20.3. The average molecular weight is 340 g/mol. The molecule has 0 heterocycles. The highest BCUT2D eigenvalue weighted by Crippen LogP contribution is 2.10. The number of hydrogen-bond donors (Lipinski definition) is 3. The first-order chi connectivity index (χ1) is 8.77. The molecule has 0 bridgehead atoms. The van der Waals surface area contributed by atoms with Gasteiger partial charge in [0.25, 0.3) is 0 Å². The number of aliphatic hydroxyl groups excluding tert-OH is 1. The molecule has 0 fully saturated rings. The normalized spacial score (nSPS) is 10.7. The second kappa shape index (κ2) is 18.4. The van der Waals surface area contributed by atoms with Crippen LogP contribution in [0.4, 0.5) is 0 Å². The third kappa shape index (κ3) is 20.8. The molecule has 0 saturated heterocycles. The van der Waals surface area contributed by atoms with E-state index in [0.29, 0.717) is 0 Å². The van der Waals surface area contributed by atoms with Gasteiger partial charge in [0, 0.05) is 6.54 Å². The summed E-state index contributed by atoms with van der Waals surface area (Å²) in [5.74, 6) is 0. The molecule has 3 N–H and O–H groups in total. The van der Waals surface area contributed by atoms with Crippen LogP contribution in [0.25, 0.3) is 0 Å². The van der Waals surface area contributed by atoms with E-state index in [1.807, 2.05) is 0 Å². The van der Waals surface area contributed by atoms with E-state index in [1.54, 1.807) is 0 Å². The monoisotopic (exact) mass is 339 g/mol. The lowest BCUT2D eigenvalue weighted by atomic mass is 10.1. The highest BCUT2D eigenvalue weighted by atomic mass is 79.9. The summed E-state index contributed by atoms with van der Waals surface area (Å²) in [6, 6.07) is 0. The summed E-state index contributed by atoms with van der Waals surface area (Å²) < 4.78 is 0. The number of hydrogen-bond acceptors (Lipinski definition) is 3.